The van der Waals surface area contributed by atoms with E-state index in [1.54, 1.807) is 10.8 Å². The summed E-state index contributed by atoms with van der Waals surface area (Å²) >= 11 is 0. The molecular weight excluding hydrogens is 621 g/mol. The third-order valence-corrected chi connectivity index (χ3v) is 12.9. The van der Waals surface area contributed by atoms with E-state index in [4.69, 9.17) is 15.5 Å². The zero-order valence-corrected chi connectivity index (χ0v) is 31.4. The van der Waals surface area contributed by atoms with Crippen LogP contribution in [0.5, 0.6) is 0 Å². The SMILES string of the molecule is Cc1c2cc(C(C)(C)C)cc1/C(c1cc[n+](CCCCCCSSCC(N)C=O)cc1)=C\C1=CC3(C(C)(C)C)CC(C=C2)C1(C)OO3. The molecule has 0 amide bonds. The third kappa shape index (κ3) is 7.86. The summed E-state index contributed by atoms with van der Waals surface area (Å²) in [5, 5.41) is 0. The molecule has 5 nitrogen and oxygen atoms in total. The topological polar surface area (TPSA) is 65.4 Å². The van der Waals surface area contributed by atoms with E-state index in [1.165, 1.54) is 58.2 Å². The Balaban J connectivity index is 1.42. The van der Waals surface area contributed by atoms with Crippen molar-refractivity contribution in [2.75, 3.05) is 11.5 Å². The first-order valence-electron chi connectivity index (χ1n) is 17.3. The van der Waals surface area contributed by atoms with Gasteiger partial charge in [-0.1, -0.05) is 93.8 Å². The second kappa shape index (κ2) is 14.4. The fourth-order valence-electron chi connectivity index (χ4n) is 6.74. The summed E-state index contributed by atoms with van der Waals surface area (Å²) in [6.07, 6.45) is 20.4. The van der Waals surface area contributed by atoms with Crippen LogP contribution in [0.3, 0.4) is 0 Å². The summed E-state index contributed by atoms with van der Waals surface area (Å²) in [6.45, 7) is 19.1. The molecule has 254 valence electrons. The number of pyridine rings is 1. The van der Waals surface area contributed by atoms with Gasteiger partial charge in [0.25, 0.3) is 0 Å². The van der Waals surface area contributed by atoms with Gasteiger partial charge in [-0.3, -0.25) is 0 Å². The Labute approximate surface area is 291 Å². The highest BCUT2D eigenvalue weighted by atomic mass is 33.1. The van der Waals surface area contributed by atoms with Crippen LogP contribution in [0, 0.1) is 18.3 Å². The van der Waals surface area contributed by atoms with Crippen LogP contribution >= 0.6 is 21.6 Å². The number of nitrogens with two attached hydrogens (primary N) is 1. The minimum Gasteiger partial charge on any atom is -0.321 e. The number of aryl methyl sites for hydroxylation is 1. The predicted octanol–water partition coefficient (Wildman–Crippen LogP) is 8.96. The van der Waals surface area contributed by atoms with Crippen molar-refractivity contribution < 1.29 is 19.1 Å². The fourth-order valence-corrected chi connectivity index (χ4v) is 8.98. The first-order chi connectivity index (χ1) is 22.2. The van der Waals surface area contributed by atoms with E-state index in [0.29, 0.717) is 5.75 Å². The monoisotopic (exact) mass is 675 g/mol. The predicted molar refractivity (Wildman–Crippen MR) is 199 cm³/mol. The zero-order chi connectivity index (χ0) is 34.0. The average molecular weight is 676 g/mol. The number of hydrogen-bond acceptors (Lipinski definition) is 6. The molecule has 7 heteroatoms. The van der Waals surface area contributed by atoms with E-state index < -0.39 is 11.2 Å². The maximum Gasteiger partial charge on any atom is 0.169 e. The highest BCUT2D eigenvalue weighted by Gasteiger charge is 2.59. The Morgan fingerprint density at radius 3 is 2.45 bits per heavy atom. The van der Waals surface area contributed by atoms with Crippen LogP contribution in [0.2, 0.25) is 0 Å². The average Bonchev–Trinajstić information content (AvgIpc) is 3.01. The van der Waals surface area contributed by atoms with Crippen molar-refractivity contribution in [2.45, 2.75) is 117 Å². The highest BCUT2D eigenvalue weighted by molar-refractivity contribution is 8.76. The molecule has 2 aromatic rings. The van der Waals surface area contributed by atoms with Crippen molar-refractivity contribution in [3.05, 3.63) is 88.3 Å². The number of benzene rings is 1. The lowest BCUT2D eigenvalue weighted by molar-refractivity contribution is -0.697. The first-order valence-corrected chi connectivity index (χ1v) is 19.8. The summed E-state index contributed by atoms with van der Waals surface area (Å²) in [5.74, 6) is 1.97. The smallest absolute Gasteiger partial charge is 0.169 e. The molecule has 0 spiro atoms. The highest BCUT2D eigenvalue weighted by Crippen LogP contribution is 2.56. The number of aromatic nitrogens is 1. The molecular formula is C40H55N2O3S2+. The molecule has 4 atom stereocenters. The van der Waals surface area contributed by atoms with Crippen LogP contribution in [0.4, 0.5) is 0 Å². The molecule has 1 aromatic carbocycles. The molecule has 1 saturated heterocycles. The van der Waals surface area contributed by atoms with Crippen LogP contribution in [0.25, 0.3) is 11.6 Å². The van der Waals surface area contributed by atoms with Gasteiger partial charge in [0.2, 0.25) is 0 Å². The molecule has 0 saturated carbocycles. The van der Waals surface area contributed by atoms with Crippen molar-refractivity contribution in [3.63, 3.8) is 0 Å². The van der Waals surface area contributed by atoms with Gasteiger partial charge in [-0.25, -0.2) is 14.3 Å². The molecule has 2 N–H and O–H groups in total. The number of rotatable bonds is 12. The lowest BCUT2D eigenvalue weighted by Crippen LogP contribution is -2.60. The molecule has 2 aliphatic heterocycles. The minimum absolute atomic E-state index is 0.0226. The van der Waals surface area contributed by atoms with Gasteiger partial charge in [-0.05, 0) is 95.1 Å². The van der Waals surface area contributed by atoms with Gasteiger partial charge in [0.1, 0.15) is 24.0 Å². The van der Waals surface area contributed by atoms with E-state index in [0.717, 1.165) is 31.4 Å². The van der Waals surface area contributed by atoms with E-state index in [-0.39, 0.29) is 22.8 Å². The number of hydrogen-bond donors (Lipinski definition) is 1. The number of carbonyl (C=O) groups is 1. The Hall–Kier alpha value is -2.16. The van der Waals surface area contributed by atoms with Gasteiger partial charge in [-0.2, -0.15) is 0 Å². The van der Waals surface area contributed by atoms with Gasteiger partial charge in [0.15, 0.2) is 12.4 Å². The third-order valence-electron chi connectivity index (χ3n) is 10.4. The Morgan fingerprint density at radius 2 is 1.77 bits per heavy atom. The Bertz CT molecular complexity index is 1530. The van der Waals surface area contributed by atoms with E-state index in [2.05, 4.69) is 121 Å². The lowest BCUT2D eigenvalue weighted by Gasteiger charge is -2.56. The molecule has 1 fully saturated rings. The quantitative estimate of drug-likeness (QED) is 0.0797. The van der Waals surface area contributed by atoms with E-state index >= 15 is 0 Å². The molecule has 2 aliphatic carbocycles. The van der Waals surface area contributed by atoms with E-state index in [9.17, 15) is 4.79 Å². The van der Waals surface area contributed by atoms with Crippen molar-refractivity contribution in [1.82, 2.24) is 0 Å². The van der Waals surface area contributed by atoms with Gasteiger partial charge in [0.05, 0.1) is 6.04 Å². The summed E-state index contributed by atoms with van der Waals surface area (Å²) in [4.78, 5) is 23.3. The van der Waals surface area contributed by atoms with Gasteiger partial charge >= 0.3 is 0 Å². The summed E-state index contributed by atoms with van der Waals surface area (Å²) in [6, 6.07) is 9.01. The van der Waals surface area contributed by atoms with E-state index in [1.807, 2.05) is 10.8 Å². The molecule has 6 bridgehead atoms. The Morgan fingerprint density at radius 1 is 1.04 bits per heavy atom. The zero-order valence-electron chi connectivity index (χ0n) is 29.7. The van der Waals surface area contributed by atoms with Crippen LogP contribution in [0.1, 0.15) is 108 Å². The van der Waals surface area contributed by atoms with Crippen LogP contribution in [-0.4, -0.2) is 35.0 Å². The van der Waals surface area contributed by atoms with Crippen molar-refractivity contribution in [1.29, 1.82) is 0 Å². The van der Waals surface area contributed by atoms with Gasteiger partial charge < -0.3 is 10.5 Å². The lowest BCUT2D eigenvalue weighted by atomic mass is 9.61. The number of nitrogens with zero attached hydrogens (tertiary/aromatic N) is 1. The fraction of sp³-hybridized carbons (Fsp3) is 0.550. The largest absolute Gasteiger partial charge is 0.321 e. The molecule has 47 heavy (non-hydrogen) atoms. The normalized spacial score (nSPS) is 25.6. The number of fused-ring (bicyclic) bond motifs is 3. The summed E-state index contributed by atoms with van der Waals surface area (Å²) < 4.78 is 2.31. The summed E-state index contributed by atoms with van der Waals surface area (Å²) in [7, 11) is 3.52. The van der Waals surface area contributed by atoms with Crippen molar-refractivity contribution in [2.24, 2.45) is 17.1 Å². The summed E-state index contributed by atoms with van der Waals surface area (Å²) in [5.41, 5.74) is 13.3. The molecule has 3 heterocycles. The van der Waals surface area contributed by atoms with Crippen LogP contribution in [-0.2, 0) is 26.5 Å². The first kappa shape index (κ1) is 36.1. The minimum atomic E-state index is -0.569. The molecule has 0 radical (unpaired) electrons. The van der Waals surface area contributed by atoms with Crippen molar-refractivity contribution in [3.8, 4) is 0 Å². The number of aldehydes is 1. The molecule has 1 aromatic heterocycles. The second-order valence-corrected chi connectivity index (χ2v) is 18.5. The molecule has 4 aliphatic rings. The van der Waals surface area contributed by atoms with Crippen molar-refractivity contribution >= 4 is 39.5 Å². The van der Waals surface area contributed by atoms with Gasteiger partial charge in [0, 0.05) is 36.0 Å². The maximum atomic E-state index is 10.7. The standard InChI is InChI=1S/C40H55N2O3S2/c1-28-30-13-14-31-24-40(38(5,6)7)25-33(39(31,8)44-45-40)23-36(35(28)22-32(21-30)37(2,3)4)29-15-18-42(19-16-29)17-11-9-10-12-20-46-47-27-34(41)26-43/h13-16,18-19,21-23,25-26,31,34H,9-12,17,20,24,27,41H2,1-8H3/q+1/b14-13?,36-23-. The second-order valence-electron chi connectivity index (χ2n) is 15.9. The maximum absolute atomic E-state index is 10.7. The molecule has 6 rings (SSSR count). The number of unbranched alkanes of at least 4 members (excludes halogenated alkanes) is 3. The van der Waals surface area contributed by atoms with Crippen LogP contribution in [0.15, 0.2) is 60.5 Å². The van der Waals surface area contributed by atoms with Crippen LogP contribution < -0.4 is 10.3 Å². The molecule has 4 unspecified atom stereocenters. The Kier molecular flexibility index (Phi) is 11.0. The number of carbonyl (C=O) groups excluding carboxylic acids is 1. The van der Waals surface area contributed by atoms with Gasteiger partial charge in [-0.15, -0.1) is 0 Å².